The standard InChI is InChI=1S/C24H34Br2O2/c1-3-5-7-9-15-27-21-13-11-20(18-26)24-22(28-16-10-8-6-4-2)14-12-19(17-25)23(21)24/h11-14H,3-10,15-18H2,1-2H3. The van der Waals surface area contributed by atoms with Crippen molar-refractivity contribution >= 4 is 42.6 Å². The van der Waals surface area contributed by atoms with Gasteiger partial charge < -0.3 is 9.47 Å². The number of ether oxygens (including phenoxy) is 2. The van der Waals surface area contributed by atoms with Crippen molar-refractivity contribution in [2.75, 3.05) is 13.2 Å². The molecule has 0 unspecified atom stereocenters. The predicted octanol–water partition coefficient (Wildman–Crippen LogP) is 8.55. The number of fused-ring (bicyclic) bond motifs is 1. The first kappa shape index (κ1) is 23.5. The molecule has 2 aromatic rings. The van der Waals surface area contributed by atoms with E-state index in [0.717, 1.165) is 48.2 Å². The maximum atomic E-state index is 6.23. The summed E-state index contributed by atoms with van der Waals surface area (Å²) in [6.45, 7) is 6.01. The second kappa shape index (κ2) is 13.5. The molecule has 0 spiro atoms. The number of hydrogen-bond acceptors (Lipinski definition) is 2. The van der Waals surface area contributed by atoms with Crippen LogP contribution in [0.1, 0.15) is 76.3 Å². The molecule has 0 saturated carbocycles. The zero-order valence-corrected chi connectivity index (χ0v) is 20.5. The number of alkyl halides is 2. The summed E-state index contributed by atoms with van der Waals surface area (Å²) in [5.74, 6) is 1.95. The van der Waals surface area contributed by atoms with Gasteiger partial charge in [0.1, 0.15) is 11.5 Å². The highest BCUT2D eigenvalue weighted by atomic mass is 79.9. The summed E-state index contributed by atoms with van der Waals surface area (Å²) in [6.07, 6.45) is 9.70. The van der Waals surface area contributed by atoms with Crippen molar-refractivity contribution in [1.29, 1.82) is 0 Å². The molecule has 0 aliphatic heterocycles. The van der Waals surface area contributed by atoms with Gasteiger partial charge >= 0.3 is 0 Å². The van der Waals surface area contributed by atoms with Gasteiger partial charge in [-0.3, -0.25) is 0 Å². The highest BCUT2D eigenvalue weighted by molar-refractivity contribution is 9.08. The SMILES string of the molecule is CCCCCCOc1ccc(CBr)c2c(OCCCCCC)ccc(CBr)c12. The van der Waals surface area contributed by atoms with E-state index >= 15 is 0 Å². The molecule has 0 bridgehead atoms. The lowest BCUT2D eigenvalue weighted by molar-refractivity contribution is 0.305. The van der Waals surface area contributed by atoms with Crippen molar-refractivity contribution in [3.8, 4) is 11.5 Å². The minimum Gasteiger partial charge on any atom is -0.493 e. The number of rotatable bonds is 14. The maximum Gasteiger partial charge on any atom is 0.127 e. The van der Waals surface area contributed by atoms with E-state index in [4.69, 9.17) is 9.47 Å². The van der Waals surface area contributed by atoms with Gasteiger partial charge in [-0.05, 0) is 36.1 Å². The van der Waals surface area contributed by atoms with Crippen LogP contribution < -0.4 is 9.47 Å². The summed E-state index contributed by atoms with van der Waals surface area (Å²) < 4.78 is 12.5. The minimum atomic E-state index is 0.770. The molecule has 0 radical (unpaired) electrons. The Morgan fingerprint density at radius 3 is 1.39 bits per heavy atom. The van der Waals surface area contributed by atoms with E-state index in [-0.39, 0.29) is 0 Å². The van der Waals surface area contributed by atoms with E-state index in [0.29, 0.717) is 0 Å². The Hall–Kier alpha value is -0.740. The summed E-state index contributed by atoms with van der Waals surface area (Å²) in [6, 6.07) is 8.58. The molecule has 0 aromatic heterocycles. The lowest BCUT2D eigenvalue weighted by Gasteiger charge is -2.18. The molecule has 0 aliphatic carbocycles. The molecule has 156 valence electrons. The first-order chi connectivity index (χ1) is 13.8. The van der Waals surface area contributed by atoms with Crippen LogP contribution in [0.2, 0.25) is 0 Å². The molecule has 2 aromatic carbocycles. The van der Waals surface area contributed by atoms with Gasteiger partial charge in [0.2, 0.25) is 0 Å². The van der Waals surface area contributed by atoms with Crippen molar-refractivity contribution in [1.82, 2.24) is 0 Å². The highest BCUT2D eigenvalue weighted by Gasteiger charge is 2.15. The van der Waals surface area contributed by atoms with Crippen LogP contribution in [-0.4, -0.2) is 13.2 Å². The van der Waals surface area contributed by atoms with Crippen LogP contribution in [0.5, 0.6) is 11.5 Å². The maximum absolute atomic E-state index is 6.23. The van der Waals surface area contributed by atoms with Gasteiger partial charge in [-0.1, -0.05) is 96.4 Å². The van der Waals surface area contributed by atoms with Crippen molar-refractivity contribution in [3.63, 3.8) is 0 Å². The van der Waals surface area contributed by atoms with Crippen LogP contribution in [-0.2, 0) is 10.7 Å². The molecule has 2 rings (SSSR count). The molecule has 0 atom stereocenters. The highest BCUT2D eigenvalue weighted by Crippen LogP contribution is 2.39. The zero-order valence-electron chi connectivity index (χ0n) is 17.4. The van der Waals surface area contributed by atoms with Crippen molar-refractivity contribution in [2.24, 2.45) is 0 Å². The van der Waals surface area contributed by atoms with Crippen LogP contribution in [0.3, 0.4) is 0 Å². The van der Waals surface area contributed by atoms with Crippen LogP contribution in [0, 0.1) is 0 Å². The van der Waals surface area contributed by atoms with E-state index < -0.39 is 0 Å². The Morgan fingerprint density at radius 2 is 1.04 bits per heavy atom. The van der Waals surface area contributed by atoms with Crippen molar-refractivity contribution in [2.45, 2.75) is 75.9 Å². The number of halogens is 2. The van der Waals surface area contributed by atoms with Gasteiger partial charge in [-0.15, -0.1) is 0 Å². The largest absolute Gasteiger partial charge is 0.493 e. The molecule has 0 N–H and O–H groups in total. The van der Waals surface area contributed by atoms with E-state index in [2.05, 4.69) is 70.0 Å². The van der Waals surface area contributed by atoms with Gasteiger partial charge in [0.15, 0.2) is 0 Å². The Labute approximate surface area is 187 Å². The lowest BCUT2D eigenvalue weighted by atomic mass is 9.99. The molecular weight excluding hydrogens is 480 g/mol. The van der Waals surface area contributed by atoms with Gasteiger partial charge in [0.05, 0.1) is 13.2 Å². The van der Waals surface area contributed by atoms with Crippen LogP contribution >= 0.6 is 31.9 Å². The van der Waals surface area contributed by atoms with Crippen LogP contribution in [0.4, 0.5) is 0 Å². The molecule has 28 heavy (non-hydrogen) atoms. The van der Waals surface area contributed by atoms with E-state index in [1.165, 1.54) is 60.4 Å². The second-order valence-corrected chi connectivity index (χ2v) is 8.40. The molecule has 2 nitrogen and oxygen atoms in total. The molecule has 0 aliphatic rings. The fraction of sp³-hybridized carbons (Fsp3) is 0.583. The van der Waals surface area contributed by atoms with Gasteiger partial charge in [0, 0.05) is 21.4 Å². The van der Waals surface area contributed by atoms with E-state index in [9.17, 15) is 0 Å². The summed E-state index contributed by atoms with van der Waals surface area (Å²) in [4.78, 5) is 0. The molecule has 0 amide bonds. The van der Waals surface area contributed by atoms with Crippen LogP contribution in [0.25, 0.3) is 10.8 Å². The summed E-state index contributed by atoms with van der Waals surface area (Å²) in [7, 11) is 0. The quantitative estimate of drug-likeness (QED) is 0.186. The number of benzene rings is 2. The van der Waals surface area contributed by atoms with Crippen molar-refractivity contribution in [3.05, 3.63) is 35.4 Å². The molecular formula is C24H34Br2O2. The van der Waals surface area contributed by atoms with Crippen LogP contribution in [0.15, 0.2) is 24.3 Å². The number of unbranched alkanes of at least 4 members (excludes halogenated alkanes) is 6. The Kier molecular flexibility index (Phi) is 11.3. The van der Waals surface area contributed by atoms with Gasteiger partial charge in [-0.25, -0.2) is 0 Å². The number of hydrogen-bond donors (Lipinski definition) is 0. The predicted molar refractivity (Wildman–Crippen MR) is 128 cm³/mol. The summed E-state index contributed by atoms with van der Waals surface area (Å²) in [5, 5.41) is 3.99. The fourth-order valence-electron chi connectivity index (χ4n) is 3.46. The third-order valence-electron chi connectivity index (χ3n) is 5.06. The molecule has 4 heteroatoms. The minimum absolute atomic E-state index is 0.770. The first-order valence-corrected chi connectivity index (χ1v) is 13.0. The average Bonchev–Trinajstić information content (AvgIpc) is 2.73. The smallest absolute Gasteiger partial charge is 0.127 e. The fourth-order valence-corrected chi connectivity index (χ4v) is 4.39. The Morgan fingerprint density at radius 1 is 0.607 bits per heavy atom. The molecule has 0 saturated heterocycles. The monoisotopic (exact) mass is 512 g/mol. The van der Waals surface area contributed by atoms with Gasteiger partial charge in [-0.2, -0.15) is 0 Å². The normalized spacial score (nSPS) is 11.1. The summed E-state index contributed by atoms with van der Waals surface area (Å²) in [5.41, 5.74) is 2.50. The topological polar surface area (TPSA) is 18.5 Å². The van der Waals surface area contributed by atoms with Crippen molar-refractivity contribution < 1.29 is 9.47 Å². The average molecular weight is 514 g/mol. The molecule has 0 fully saturated rings. The van der Waals surface area contributed by atoms with E-state index in [1.807, 2.05) is 0 Å². The zero-order chi connectivity index (χ0) is 20.2. The van der Waals surface area contributed by atoms with Gasteiger partial charge in [0.25, 0.3) is 0 Å². The lowest BCUT2D eigenvalue weighted by Crippen LogP contribution is -2.03. The third kappa shape index (κ3) is 6.66. The van der Waals surface area contributed by atoms with E-state index in [1.54, 1.807) is 0 Å². The molecule has 0 heterocycles. The first-order valence-electron chi connectivity index (χ1n) is 10.7. The summed E-state index contributed by atoms with van der Waals surface area (Å²) >= 11 is 7.32. The Balaban J connectivity index is 2.28. The Bertz CT molecular complexity index is 654. The third-order valence-corrected chi connectivity index (χ3v) is 6.26. The second-order valence-electron chi connectivity index (χ2n) is 7.28.